The predicted octanol–water partition coefficient (Wildman–Crippen LogP) is 1.93. The third-order valence-electron chi connectivity index (χ3n) is 3.23. The molecule has 1 aliphatic carbocycles. The summed E-state index contributed by atoms with van der Waals surface area (Å²) in [7, 11) is 0. The van der Waals surface area contributed by atoms with Gasteiger partial charge in [0.25, 0.3) is 0 Å². The number of rotatable bonds is 6. The van der Waals surface area contributed by atoms with Gasteiger partial charge in [0.2, 0.25) is 0 Å². The topological polar surface area (TPSA) is 32.3 Å². The molecule has 0 aromatic carbocycles. The molecule has 0 heterocycles. The van der Waals surface area contributed by atoms with Gasteiger partial charge >= 0.3 is 0 Å². The van der Waals surface area contributed by atoms with Crippen molar-refractivity contribution in [2.45, 2.75) is 52.0 Å². The molecule has 0 aliphatic heterocycles. The molecule has 0 aromatic heterocycles. The van der Waals surface area contributed by atoms with Crippen LogP contribution in [0.15, 0.2) is 0 Å². The molecule has 1 atom stereocenters. The third kappa shape index (κ3) is 3.65. The summed E-state index contributed by atoms with van der Waals surface area (Å²) in [6.45, 7) is 6.04. The molecule has 1 fully saturated rings. The SMILES string of the molecule is CC(CCCO)NCC1(C)CCC1. The minimum absolute atomic E-state index is 0.323. The molecule has 0 bridgehead atoms. The molecule has 0 aromatic rings. The lowest BCUT2D eigenvalue weighted by Gasteiger charge is -2.39. The quantitative estimate of drug-likeness (QED) is 0.662. The Labute approximate surface area is 81.7 Å². The fraction of sp³-hybridized carbons (Fsp3) is 1.00. The molecule has 78 valence electrons. The molecule has 1 saturated carbocycles. The molecule has 2 nitrogen and oxygen atoms in total. The summed E-state index contributed by atoms with van der Waals surface area (Å²) in [5, 5.41) is 12.2. The highest BCUT2D eigenvalue weighted by atomic mass is 16.2. The first-order valence-electron chi connectivity index (χ1n) is 5.50. The van der Waals surface area contributed by atoms with E-state index in [1.54, 1.807) is 0 Å². The number of hydrogen-bond donors (Lipinski definition) is 2. The van der Waals surface area contributed by atoms with E-state index in [0.29, 0.717) is 18.1 Å². The molecule has 2 heteroatoms. The van der Waals surface area contributed by atoms with Crippen molar-refractivity contribution >= 4 is 0 Å². The van der Waals surface area contributed by atoms with Crippen molar-refractivity contribution in [1.82, 2.24) is 5.32 Å². The molecule has 0 spiro atoms. The molecule has 1 aliphatic rings. The number of nitrogens with one attached hydrogen (secondary N) is 1. The van der Waals surface area contributed by atoms with Crippen LogP contribution in [0.2, 0.25) is 0 Å². The molecule has 0 radical (unpaired) electrons. The van der Waals surface area contributed by atoms with Crippen LogP contribution in [0, 0.1) is 5.41 Å². The largest absolute Gasteiger partial charge is 0.396 e. The van der Waals surface area contributed by atoms with Crippen molar-refractivity contribution in [2.24, 2.45) is 5.41 Å². The zero-order valence-electron chi connectivity index (χ0n) is 8.97. The van der Waals surface area contributed by atoms with E-state index in [2.05, 4.69) is 19.2 Å². The van der Waals surface area contributed by atoms with Gasteiger partial charge in [0, 0.05) is 19.2 Å². The summed E-state index contributed by atoms with van der Waals surface area (Å²) in [6.07, 6.45) is 6.18. The number of aliphatic hydroxyl groups is 1. The van der Waals surface area contributed by atoms with Crippen molar-refractivity contribution in [1.29, 1.82) is 0 Å². The molecule has 1 unspecified atom stereocenters. The van der Waals surface area contributed by atoms with E-state index in [0.717, 1.165) is 19.4 Å². The van der Waals surface area contributed by atoms with Crippen molar-refractivity contribution in [3.05, 3.63) is 0 Å². The van der Waals surface area contributed by atoms with Crippen LogP contribution < -0.4 is 5.32 Å². The van der Waals surface area contributed by atoms with E-state index >= 15 is 0 Å². The monoisotopic (exact) mass is 185 g/mol. The Balaban J connectivity index is 2.03. The van der Waals surface area contributed by atoms with E-state index in [4.69, 9.17) is 5.11 Å². The zero-order chi connectivity index (χ0) is 9.73. The van der Waals surface area contributed by atoms with Gasteiger partial charge in [0.05, 0.1) is 0 Å². The highest BCUT2D eigenvalue weighted by Gasteiger charge is 2.31. The van der Waals surface area contributed by atoms with Gasteiger partial charge in [-0.2, -0.15) is 0 Å². The van der Waals surface area contributed by atoms with Crippen LogP contribution in [-0.4, -0.2) is 24.3 Å². The maximum absolute atomic E-state index is 8.67. The third-order valence-corrected chi connectivity index (χ3v) is 3.23. The lowest BCUT2D eigenvalue weighted by Crippen LogP contribution is -2.40. The Bertz CT molecular complexity index is 143. The minimum Gasteiger partial charge on any atom is -0.396 e. The molecule has 0 saturated heterocycles. The van der Waals surface area contributed by atoms with Crippen LogP contribution in [0.1, 0.15) is 46.0 Å². The molecular weight excluding hydrogens is 162 g/mol. The highest BCUT2D eigenvalue weighted by molar-refractivity contribution is 4.85. The van der Waals surface area contributed by atoms with Crippen LogP contribution in [0.4, 0.5) is 0 Å². The Morgan fingerprint density at radius 1 is 1.46 bits per heavy atom. The van der Waals surface area contributed by atoms with E-state index in [1.165, 1.54) is 19.3 Å². The Morgan fingerprint density at radius 2 is 2.15 bits per heavy atom. The van der Waals surface area contributed by atoms with E-state index < -0.39 is 0 Å². The van der Waals surface area contributed by atoms with Crippen molar-refractivity contribution < 1.29 is 5.11 Å². The van der Waals surface area contributed by atoms with Gasteiger partial charge in [-0.3, -0.25) is 0 Å². The van der Waals surface area contributed by atoms with Gasteiger partial charge < -0.3 is 10.4 Å². The van der Waals surface area contributed by atoms with Gasteiger partial charge in [0.15, 0.2) is 0 Å². The van der Waals surface area contributed by atoms with Gasteiger partial charge in [-0.25, -0.2) is 0 Å². The number of hydrogen-bond acceptors (Lipinski definition) is 2. The maximum Gasteiger partial charge on any atom is 0.0431 e. The van der Waals surface area contributed by atoms with Gasteiger partial charge in [-0.15, -0.1) is 0 Å². The van der Waals surface area contributed by atoms with Gasteiger partial charge in [-0.1, -0.05) is 13.3 Å². The van der Waals surface area contributed by atoms with Crippen LogP contribution in [0.3, 0.4) is 0 Å². The average molecular weight is 185 g/mol. The van der Waals surface area contributed by atoms with Crippen molar-refractivity contribution in [3.63, 3.8) is 0 Å². The summed E-state index contributed by atoms with van der Waals surface area (Å²) in [6, 6.07) is 0.560. The lowest BCUT2D eigenvalue weighted by molar-refractivity contribution is 0.150. The van der Waals surface area contributed by atoms with Crippen LogP contribution in [-0.2, 0) is 0 Å². The summed E-state index contributed by atoms with van der Waals surface area (Å²) >= 11 is 0. The van der Waals surface area contributed by atoms with Crippen LogP contribution in [0.25, 0.3) is 0 Å². The second kappa shape index (κ2) is 4.97. The summed E-state index contributed by atoms with van der Waals surface area (Å²) in [5.74, 6) is 0. The number of aliphatic hydroxyl groups excluding tert-OH is 1. The van der Waals surface area contributed by atoms with Crippen molar-refractivity contribution in [2.75, 3.05) is 13.2 Å². The van der Waals surface area contributed by atoms with Gasteiger partial charge in [-0.05, 0) is 38.0 Å². The maximum atomic E-state index is 8.67. The fourth-order valence-electron chi connectivity index (χ4n) is 1.88. The summed E-state index contributed by atoms with van der Waals surface area (Å²) < 4.78 is 0. The Morgan fingerprint density at radius 3 is 2.62 bits per heavy atom. The minimum atomic E-state index is 0.323. The second-order valence-corrected chi connectivity index (χ2v) is 4.81. The van der Waals surface area contributed by atoms with E-state index in [-0.39, 0.29) is 0 Å². The molecule has 13 heavy (non-hydrogen) atoms. The molecule has 2 N–H and O–H groups in total. The Hall–Kier alpha value is -0.0800. The van der Waals surface area contributed by atoms with E-state index in [9.17, 15) is 0 Å². The normalized spacial score (nSPS) is 22.4. The Kier molecular flexibility index (Phi) is 4.20. The first kappa shape index (κ1) is 11.0. The lowest BCUT2D eigenvalue weighted by atomic mass is 9.70. The summed E-state index contributed by atoms with van der Waals surface area (Å²) in [5.41, 5.74) is 0.577. The fourth-order valence-corrected chi connectivity index (χ4v) is 1.88. The van der Waals surface area contributed by atoms with Gasteiger partial charge in [0.1, 0.15) is 0 Å². The van der Waals surface area contributed by atoms with E-state index in [1.807, 2.05) is 0 Å². The standard InChI is InChI=1S/C11H23NO/c1-10(5-3-8-13)12-9-11(2)6-4-7-11/h10,12-13H,3-9H2,1-2H3. The first-order chi connectivity index (χ1) is 6.16. The first-order valence-corrected chi connectivity index (χ1v) is 5.50. The van der Waals surface area contributed by atoms with Crippen LogP contribution in [0.5, 0.6) is 0 Å². The predicted molar refractivity (Wildman–Crippen MR) is 55.7 cm³/mol. The second-order valence-electron chi connectivity index (χ2n) is 4.81. The van der Waals surface area contributed by atoms with Crippen LogP contribution >= 0.6 is 0 Å². The van der Waals surface area contributed by atoms with Crippen molar-refractivity contribution in [3.8, 4) is 0 Å². The average Bonchev–Trinajstić information content (AvgIpc) is 2.08. The summed E-state index contributed by atoms with van der Waals surface area (Å²) in [4.78, 5) is 0. The zero-order valence-corrected chi connectivity index (χ0v) is 8.97. The highest BCUT2D eigenvalue weighted by Crippen LogP contribution is 2.39. The molecule has 1 rings (SSSR count). The molecule has 0 amide bonds. The smallest absolute Gasteiger partial charge is 0.0431 e. The molecular formula is C11H23NO.